The Hall–Kier alpha value is -3.88. The molecular weight excluding hydrogens is 566 g/mol. The number of ether oxygens (including phenoxy) is 2. The molecule has 2 aliphatic rings. The molecule has 3 aromatic rings. The summed E-state index contributed by atoms with van der Waals surface area (Å²) in [5.41, 5.74) is 2.58. The lowest BCUT2D eigenvalue weighted by Gasteiger charge is -2.34. The van der Waals surface area contributed by atoms with Crippen molar-refractivity contribution in [2.24, 2.45) is 11.8 Å². The van der Waals surface area contributed by atoms with E-state index in [0.717, 1.165) is 48.3 Å². The number of hydrogen-bond acceptors (Lipinski definition) is 6. The number of anilines is 1. The first-order chi connectivity index (χ1) is 21.8. The Morgan fingerprint density at radius 2 is 1.76 bits per heavy atom. The van der Waals surface area contributed by atoms with E-state index in [9.17, 15) is 14.7 Å². The summed E-state index contributed by atoms with van der Waals surface area (Å²) in [6.45, 7) is 5.69. The van der Waals surface area contributed by atoms with Crippen LogP contribution in [-0.4, -0.2) is 65.6 Å². The summed E-state index contributed by atoms with van der Waals surface area (Å²) < 4.78 is 12.6. The van der Waals surface area contributed by atoms with Crippen LogP contribution < -0.4 is 14.8 Å². The van der Waals surface area contributed by atoms with E-state index in [0.29, 0.717) is 31.1 Å². The fourth-order valence-electron chi connectivity index (χ4n) is 6.31. The number of nitrogens with one attached hydrogen (secondary N) is 1. The number of amides is 2. The summed E-state index contributed by atoms with van der Waals surface area (Å²) in [5.74, 6) is 2.28. The molecule has 1 fully saturated rings. The molecule has 0 aromatic heterocycles. The lowest BCUT2D eigenvalue weighted by Crippen LogP contribution is -2.47. The number of likely N-dealkylation sites (N-methyl/N-ethyl adjacent to an activating group) is 1. The van der Waals surface area contributed by atoms with Crippen molar-refractivity contribution in [2.45, 2.75) is 71.1 Å². The number of rotatable bonds is 10. The van der Waals surface area contributed by atoms with Crippen LogP contribution in [0.5, 0.6) is 17.2 Å². The third-order valence-corrected chi connectivity index (χ3v) is 9.01. The number of hydrogen-bond donors (Lipinski definition) is 2. The molecule has 240 valence electrons. The van der Waals surface area contributed by atoms with Crippen LogP contribution in [0.4, 0.5) is 5.69 Å². The van der Waals surface area contributed by atoms with Gasteiger partial charge in [0, 0.05) is 42.7 Å². The second-order valence-electron chi connectivity index (χ2n) is 12.8. The molecule has 45 heavy (non-hydrogen) atoms. The molecule has 1 aliphatic heterocycles. The van der Waals surface area contributed by atoms with Crippen molar-refractivity contribution in [1.82, 2.24) is 9.80 Å². The van der Waals surface area contributed by atoms with Gasteiger partial charge in [-0.05, 0) is 74.8 Å². The van der Waals surface area contributed by atoms with Gasteiger partial charge in [0.05, 0.1) is 19.1 Å². The molecule has 3 aromatic carbocycles. The van der Waals surface area contributed by atoms with Crippen LogP contribution in [0.3, 0.4) is 0 Å². The van der Waals surface area contributed by atoms with Crippen molar-refractivity contribution < 1.29 is 24.2 Å². The van der Waals surface area contributed by atoms with Gasteiger partial charge in [-0.25, -0.2) is 0 Å². The van der Waals surface area contributed by atoms with Crippen LogP contribution in [0.1, 0.15) is 57.1 Å². The Bertz CT molecular complexity index is 1410. The summed E-state index contributed by atoms with van der Waals surface area (Å²) in [4.78, 5) is 30.5. The van der Waals surface area contributed by atoms with Gasteiger partial charge in [-0.3, -0.25) is 14.5 Å². The van der Waals surface area contributed by atoms with Gasteiger partial charge < -0.3 is 24.8 Å². The highest BCUT2D eigenvalue weighted by Gasteiger charge is 2.31. The van der Waals surface area contributed by atoms with E-state index in [-0.39, 0.29) is 48.8 Å². The van der Waals surface area contributed by atoms with Crippen molar-refractivity contribution >= 4 is 17.5 Å². The fraction of sp³-hybridized carbons (Fsp3) is 0.459. The zero-order chi connectivity index (χ0) is 31.8. The Kier molecular flexibility index (Phi) is 11.1. The lowest BCUT2D eigenvalue weighted by atomic mass is 9.88. The van der Waals surface area contributed by atoms with Gasteiger partial charge >= 0.3 is 0 Å². The minimum atomic E-state index is -0.314. The second-order valence-corrected chi connectivity index (χ2v) is 12.8. The Balaban J connectivity index is 1.30. The number of aliphatic hydroxyl groups excluding tert-OH is 1. The van der Waals surface area contributed by atoms with Gasteiger partial charge in [0.15, 0.2) is 0 Å². The predicted octanol–water partition coefficient (Wildman–Crippen LogP) is 6.28. The maximum Gasteiger partial charge on any atom is 0.227 e. The van der Waals surface area contributed by atoms with E-state index in [1.165, 1.54) is 6.42 Å². The second kappa shape index (κ2) is 15.4. The topological polar surface area (TPSA) is 91.3 Å². The SMILES string of the molecule is C[C@@H]1CN([C@@H](C)CO)C(=O)Cc2cc(NC(=O)C3CCCCC3)ccc2O[C@@H]1CN(C)Cc1ccc(Oc2ccccc2)cc1. The number of carbonyl (C=O) groups excluding carboxylic acids is 2. The molecule has 2 N–H and O–H groups in total. The highest BCUT2D eigenvalue weighted by molar-refractivity contribution is 5.93. The molecule has 8 heteroatoms. The molecule has 5 rings (SSSR count). The quantitative estimate of drug-likeness (QED) is 0.280. The van der Waals surface area contributed by atoms with Crippen LogP contribution in [0.2, 0.25) is 0 Å². The monoisotopic (exact) mass is 613 g/mol. The minimum Gasteiger partial charge on any atom is -0.488 e. The Morgan fingerprint density at radius 1 is 1.04 bits per heavy atom. The molecule has 8 nitrogen and oxygen atoms in total. The maximum absolute atomic E-state index is 13.6. The lowest BCUT2D eigenvalue weighted by molar-refractivity contribution is -0.134. The molecule has 3 atom stereocenters. The van der Waals surface area contributed by atoms with Gasteiger partial charge in [-0.1, -0.05) is 56.5 Å². The molecule has 0 radical (unpaired) electrons. The largest absolute Gasteiger partial charge is 0.488 e. The fourth-order valence-corrected chi connectivity index (χ4v) is 6.31. The highest BCUT2D eigenvalue weighted by Crippen LogP contribution is 2.31. The zero-order valence-electron chi connectivity index (χ0n) is 26.8. The zero-order valence-corrected chi connectivity index (χ0v) is 26.8. The van der Waals surface area contributed by atoms with Gasteiger partial charge in [-0.15, -0.1) is 0 Å². The van der Waals surface area contributed by atoms with E-state index < -0.39 is 0 Å². The van der Waals surface area contributed by atoms with Gasteiger partial charge in [0.25, 0.3) is 0 Å². The molecule has 0 unspecified atom stereocenters. The van der Waals surface area contributed by atoms with Gasteiger partial charge in [0.1, 0.15) is 23.4 Å². The van der Waals surface area contributed by atoms with Crippen molar-refractivity contribution in [3.05, 3.63) is 83.9 Å². The number of nitrogens with zero attached hydrogens (tertiary/aromatic N) is 2. The van der Waals surface area contributed by atoms with Crippen LogP contribution in [-0.2, 0) is 22.6 Å². The number of carbonyl (C=O) groups is 2. The Morgan fingerprint density at radius 3 is 2.47 bits per heavy atom. The smallest absolute Gasteiger partial charge is 0.227 e. The number of aliphatic hydroxyl groups is 1. The van der Waals surface area contributed by atoms with Crippen LogP contribution >= 0.6 is 0 Å². The highest BCUT2D eigenvalue weighted by atomic mass is 16.5. The van der Waals surface area contributed by atoms with Gasteiger partial charge in [-0.2, -0.15) is 0 Å². The minimum absolute atomic E-state index is 0.00341. The first-order valence-electron chi connectivity index (χ1n) is 16.3. The first-order valence-corrected chi connectivity index (χ1v) is 16.3. The average molecular weight is 614 g/mol. The molecule has 0 spiro atoms. The molecule has 2 amide bonds. The van der Waals surface area contributed by atoms with Crippen LogP contribution in [0.25, 0.3) is 0 Å². The summed E-state index contributed by atoms with van der Waals surface area (Å²) >= 11 is 0. The molecule has 0 bridgehead atoms. The Labute approximate surface area is 267 Å². The summed E-state index contributed by atoms with van der Waals surface area (Å²) in [6, 6.07) is 23.2. The maximum atomic E-state index is 13.6. The summed E-state index contributed by atoms with van der Waals surface area (Å²) in [6.07, 6.45) is 5.14. The third-order valence-electron chi connectivity index (χ3n) is 9.01. The van der Waals surface area contributed by atoms with Crippen molar-refractivity contribution in [2.75, 3.05) is 32.1 Å². The van der Waals surface area contributed by atoms with E-state index >= 15 is 0 Å². The number of benzene rings is 3. The van der Waals surface area contributed by atoms with E-state index in [1.807, 2.05) is 67.6 Å². The van der Waals surface area contributed by atoms with E-state index in [4.69, 9.17) is 9.47 Å². The van der Waals surface area contributed by atoms with Crippen LogP contribution in [0, 0.1) is 11.8 Å². The van der Waals surface area contributed by atoms with Crippen molar-refractivity contribution in [1.29, 1.82) is 0 Å². The third kappa shape index (κ3) is 8.86. The molecule has 1 aliphatic carbocycles. The normalized spacial score (nSPS) is 19.9. The predicted molar refractivity (Wildman–Crippen MR) is 176 cm³/mol. The standard InChI is InChI=1S/C37H47N3O5/c1-26-22-40(27(2)25-41)36(42)21-30-20-31(38-37(43)29-10-6-4-7-11-29)16-19-34(30)45-35(26)24-39(3)23-28-14-17-33(18-15-28)44-32-12-8-5-9-13-32/h5,8-9,12-20,26-27,29,35,41H,4,6-7,10-11,21-25H2,1-3H3,(H,38,43)/t26-,27+,35-/m1/s1. The van der Waals surface area contributed by atoms with E-state index in [2.05, 4.69) is 36.3 Å². The molecular formula is C37H47N3O5. The first kappa shape index (κ1) is 32.5. The number of para-hydroxylation sites is 1. The van der Waals surface area contributed by atoms with Crippen molar-refractivity contribution in [3.8, 4) is 17.2 Å². The van der Waals surface area contributed by atoms with Crippen LogP contribution in [0.15, 0.2) is 72.8 Å². The van der Waals surface area contributed by atoms with Gasteiger partial charge in [0.2, 0.25) is 11.8 Å². The molecule has 0 saturated heterocycles. The average Bonchev–Trinajstić information content (AvgIpc) is 3.09. The van der Waals surface area contributed by atoms with E-state index in [1.54, 1.807) is 4.90 Å². The molecule has 1 saturated carbocycles. The summed E-state index contributed by atoms with van der Waals surface area (Å²) in [5, 5.41) is 13.1. The van der Waals surface area contributed by atoms with Crippen molar-refractivity contribution in [3.63, 3.8) is 0 Å². The number of fused-ring (bicyclic) bond motifs is 1. The summed E-state index contributed by atoms with van der Waals surface area (Å²) in [7, 11) is 2.07. The molecule has 1 heterocycles.